The second-order valence-corrected chi connectivity index (χ2v) is 5.24. The molecule has 1 aromatic carbocycles. The molecule has 0 fully saturated rings. The summed E-state index contributed by atoms with van der Waals surface area (Å²) >= 11 is 0. The van der Waals surface area contributed by atoms with Crippen LogP contribution >= 0.6 is 0 Å². The van der Waals surface area contributed by atoms with Gasteiger partial charge in [-0.3, -0.25) is 4.21 Å². The normalized spacial score (nSPS) is 12.6. The van der Waals surface area contributed by atoms with Gasteiger partial charge in [-0.1, -0.05) is 19.1 Å². The van der Waals surface area contributed by atoms with Crippen molar-refractivity contribution in [3.8, 4) is 0 Å². The standard InChI is InChI=1S/C12H14FN3OS/c1-2-7-16-12(14-9-15-16)8-18(17)11-6-4-3-5-10(11)13/h3-6,9H,2,7-8H2,1H3. The van der Waals surface area contributed by atoms with E-state index in [2.05, 4.69) is 10.1 Å². The fraction of sp³-hybridized carbons (Fsp3) is 0.333. The Kier molecular flexibility index (Phi) is 4.19. The highest BCUT2D eigenvalue weighted by molar-refractivity contribution is 7.84. The third kappa shape index (κ3) is 2.81. The number of hydrogen-bond donors (Lipinski definition) is 0. The van der Waals surface area contributed by atoms with E-state index in [0.717, 1.165) is 13.0 Å². The zero-order chi connectivity index (χ0) is 13.0. The van der Waals surface area contributed by atoms with Gasteiger partial charge in [-0.05, 0) is 18.6 Å². The van der Waals surface area contributed by atoms with Crippen LogP contribution in [-0.2, 0) is 23.1 Å². The van der Waals surface area contributed by atoms with Gasteiger partial charge in [0.1, 0.15) is 18.0 Å². The quantitative estimate of drug-likeness (QED) is 0.834. The molecule has 0 aliphatic rings. The molecular weight excluding hydrogens is 253 g/mol. The highest BCUT2D eigenvalue weighted by Gasteiger charge is 2.13. The largest absolute Gasteiger partial charge is 0.254 e. The fourth-order valence-electron chi connectivity index (χ4n) is 1.62. The maximum atomic E-state index is 13.5. The number of aromatic nitrogens is 3. The molecule has 0 N–H and O–H groups in total. The van der Waals surface area contributed by atoms with Crippen molar-refractivity contribution in [3.05, 3.63) is 42.2 Å². The lowest BCUT2D eigenvalue weighted by Crippen LogP contribution is -2.09. The van der Waals surface area contributed by atoms with Crippen LogP contribution in [0.15, 0.2) is 35.5 Å². The SMILES string of the molecule is CCCn1ncnc1CS(=O)c1ccccc1F. The molecule has 0 bridgehead atoms. The third-order valence-electron chi connectivity index (χ3n) is 2.47. The van der Waals surface area contributed by atoms with Gasteiger partial charge in [0, 0.05) is 6.54 Å². The van der Waals surface area contributed by atoms with E-state index < -0.39 is 16.6 Å². The highest BCUT2D eigenvalue weighted by atomic mass is 32.2. The molecular formula is C12H14FN3OS. The first-order chi connectivity index (χ1) is 8.72. The van der Waals surface area contributed by atoms with Crippen molar-refractivity contribution in [2.24, 2.45) is 0 Å². The van der Waals surface area contributed by atoms with Crippen LogP contribution in [0.5, 0.6) is 0 Å². The van der Waals surface area contributed by atoms with Gasteiger partial charge in [0.15, 0.2) is 0 Å². The molecule has 2 aromatic rings. The summed E-state index contributed by atoms with van der Waals surface area (Å²) in [6, 6.07) is 6.10. The van der Waals surface area contributed by atoms with E-state index in [9.17, 15) is 8.60 Å². The maximum Gasteiger partial charge on any atom is 0.139 e. The lowest BCUT2D eigenvalue weighted by atomic mass is 10.3. The molecule has 1 heterocycles. The molecule has 2 rings (SSSR count). The lowest BCUT2D eigenvalue weighted by molar-refractivity contribution is 0.576. The van der Waals surface area contributed by atoms with E-state index in [4.69, 9.17) is 0 Å². The van der Waals surface area contributed by atoms with Gasteiger partial charge in [-0.15, -0.1) is 0 Å². The van der Waals surface area contributed by atoms with Crippen molar-refractivity contribution in [2.45, 2.75) is 30.5 Å². The summed E-state index contributed by atoms with van der Waals surface area (Å²) < 4.78 is 27.3. The van der Waals surface area contributed by atoms with Crippen molar-refractivity contribution < 1.29 is 8.60 Å². The molecule has 4 nitrogen and oxygen atoms in total. The number of halogens is 1. The van der Waals surface area contributed by atoms with E-state index >= 15 is 0 Å². The van der Waals surface area contributed by atoms with Crippen LogP contribution in [0, 0.1) is 5.82 Å². The second kappa shape index (κ2) is 5.86. The molecule has 0 spiro atoms. The summed E-state index contributed by atoms with van der Waals surface area (Å²) in [7, 11) is -1.44. The first kappa shape index (κ1) is 12.9. The second-order valence-electron chi connectivity index (χ2n) is 3.82. The Bertz CT molecular complexity index is 556. The zero-order valence-corrected chi connectivity index (χ0v) is 10.9. The van der Waals surface area contributed by atoms with Crippen LogP contribution < -0.4 is 0 Å². The number of benzene rings is 1. The van der Waals surface area contributed by atoms with Gasteiger partial charge in [0.2, 0.25) is 0 Å². The molecule has 0 saturated heterocycles. The summed E-state index contributed by atoms with van der Waals surface area (Å²) in [4.78, 5) is 4.28. The smallest absolute Gasteiger partial charge is 0.139 e. The summed E-state index contributed by atoms with van der Waals surface area (Å²) in [6.45, 7) is 2.75. The van der Waals surface area contributed by atoms with Crippen LogP contribution in [-0.4, -0.2) is 19.0 Å². The van der Waals surface area contributed by atoms with E-state index in [1.165, 1.54) is 18.5 Å². The van der Waals surface area contributed by atoms with Crippen LogP contribution in [0.4, 0.5) is 4.39 Å². The van der Waals surface area contributed by atoms with Crippen LogP contribution in [0.3, 0.4) is 0 Å². The van der Waals surface area contributed by atoms with E-state index in [1.54, 1.807) is 16.8 Å². The Hall–Kier alpha value is -1.56. The summed E-state index contributed by atoms with van der Waals surface area (Å²) in [5.74, 6) is 0.358. The molecule has 1 atom stereocenters. The van der Waals surface area contributed by atoms with E-state index in [0.29, 0.717) is 5.82 Å². The third-order valence-corrected chi connectivity index (χ3v) is 3.82. The molecule has 0 aliphatic heterocycles. The van der Waals surface area contributed by atoms with Crippen molar-refractivity contribution in [3.63, 3.8) is 0 Å². The van der Waals surface area contributed by atoms with Gasteiger partial charge >= 0.3 is 0 Å². The summed E-state index contributed by atoms with van der Waals surface area (Å²) in [5.41, 5.74) is 0. The monoisotopic (exact) mass is 267 g/mol. The van der Waals surface area contributed by atoms with Crippen LogP contribution in [0.1, 0.15) is 19.2 Å². The number of rotatable bonds is 5. The maximum absolute atomic E-state index is 13.5. The van der Waals surface area contributed by atoms with Crippen molar-refractivity contribution in [1.82, 2.24) is 14.8 Å². The van der Waals surface area contributed by atoms with Crippen molar-refractivity contribution >= 4 is 10.8 Å². The minimum Gasteiger partial charge on any atom is -0.254 e. The topological polar surface area (TPSA) is 47.8 Å². The van der Waals surface area contributed by atoms with Crippen LogP contribution in [0.2, 0.25) is 0 Å². The molecule has 0 aliphatic carbocycles. The average Bonchev–Trinajstić information content (AvgIpc) is 2.78. The summed E-state index contributed by atoms with van der Waals surface area (Å²) in [6.07, 6.45) is 2.35. The van der Waals surface area contributed by atoms with Gasteiger partial charge in [-0.2, -0.15) is 5.10 Å². The molecule has 18 heavy (non-hydrogen) atoms. The predicted molar refractivity (Wildman–Crippen MR) is 66.8 cm³/mol. The summed E-state index contributed by atoms with van der Waals surface area (Å²) in [5, 5.41) is 4.05. The fourth-order valence-corrected chi connectivity index (χ4v) is 2.75. The minimum absolute atomic E-state index is 0.181. The Morgan fingerprint density at radius 1 is 1.39 bits per heavy atom. The van der Waals surface area contributed by atoms with Crippen molar-refractivity contribution in [1.29, 1.82) is 0 Å². The molecule has 6 heteroatoms. The predicted octanol–water partition coefficient (Wildman–Crippen LogP) is 2.13. The Labute approximate surface area is 107 Å². The van der Waals surface area contributed by atoms with Gasteiger partial charge < -0.3 is 0 Å². The lowest BCUT2D eigenvalue weighted by Gasteiger charge is -2.05. The Morgan fingerprint density at radius 2 is 2.17 bits per heavy atom. The zero-order valence-electron chi connectivity index (χ0n) is 10.0. The van der Waals surface area contributed by atoms with Gasteiger partial charge in [-0.25, -0.2) is 14.1 Å². The molecule has 0 amide bonds. The van der Waals surface area contributed by atoms with Crippen molar-refractivity contribution in [2.75, 3.05) is 0 Å². The number of hydrogen-bond acceptors (Lipinski definition) is 3. The minimum atomic E-state index is -1.44. The van der Waals surface area contributed by atoms with E-state index in [1.807, 2.05) is 6.92 Å². The molecule has 96 valence electrons. The molecule has 0 saturated carbocycles. The first-order valence-electron chi connectivity index (χ1n) is 5.72. The molecule has 1 aromatic heterocycles. The number of nitrogens with zero attached hydrogens (tertiary/aromatic N) is 3. The Balaban J connectivity index is 2.17. The van der Waals surface area contributed by atoms with Crippen LogP contribution in [0.25, 0.3) is 0 Å². The van der Waals surface area contributed by atoms with Gasteiger partial charge in [0.05, 0.1) is 21.4 Å². The Morgan fingerprint density at radius 3 is 2.89 bits per heavy atom. The van der Waals surface area contributed by atoms with E-state index in [-0.39, 0.29) is 10.6 Å². The average molecular weight is 267 g/mol. The molecule has 0 radical (unpaired) electrons. The number of aryl methyl sites for hydroxylation is 1. The highest BCUT2D eigenvalue weighted by Crippen LogP contribution is 2.14. The first-order valence-corrected chi connectivity index (χ1v) is 7.04. The van der Waals surface area contributed by atoms with Gasteiger partial charge in [0.25, 0.3) is 0 Å². The molecule has 1 unspecified atom stereocenters.